The fraction of sp³-hybridized carbons (Fsp3) is 0.350. The third-order valence-electron chi connectivity index (χ3n) is 4.55. The molecule has 0 heterocycles. The maximum absolute atomic E-state index is 12.3. The molecule has 7 heteroatoms. The summed E-state index contributed by atoms with van der Waals surface area (Å²) >= 11 is 6.12. The van der Waals surface area contributed by atoms with Gasteiger partial charge in [0.05, 0.1) is 11.9 Å². The molecule has 2 aromatic carbocycles. The van der Waals surface area contributed by atoms with Gasteiger partial charge in [0, 0.05) is 23.7 Å². The number of nitrogens with zero attached hydrogens (tertiary/aromatic N) is 1. The zero-order chi connectivity index (χ0) is 20.2. The summed E-state index contributed by atoms with van der Waals surface area (Å²) in [7, 11) is -3.48. The highest BCUT2D eigenvalue weighted by Crippen LogP contribution is 2.28. The molecule has 0 aliphatic rings. The van der Waals surface area contributed by atoms with Gasteiger partial charge in [0.15, 0.2) is 0 Å². The molecule has 0 spiro atoms. The lowest BCUT2D eigenvalue weighted by Gasteiger charge is -2.24. The van der Waals surface area contributed by atoms with Crippen LogP contribution in [-0.4, -0.2) is 27.1 Å². The Morgan fingerprint density at radius 2 is 1.74 bits per heavy atom. The molecule has 0 unspecified atom stereocenters. The van der Waals surface area contributed by atoms with E-state index in [1.54, 1.807) is 25.1 Å². The van der Waals surface area contributed by atoms with Crippen LogP contribution in [-0.2, 0) is 14.8 Å². The predicted molar refractivity (Wildman–Crippen MR) is 112 cm³/mol. The minimum atomic E-state index is -3.48. The van der Waals surface area contributed by atoms with Gasteiger partial charge in [0.1, 0.15) is 0 Å². The molecule has 0 saturated carbocycles. The summed E-state index contributed by atoms with van der Waals surface area (Å²) in [6.45, 7) is 5.93. The molecule has 0 aromatic heterocycles. The number of benzene rings is 2. The highest BCUT2D eigenvalue weighted by molar-refractivity contribution is 7.92. The molecule has 1 N–H and O–H groups in total. The third kappa shape index (κ3) is 5.47. The summed E-state index contributed by atoms with van der Waals surface area (Å²) < 4.78 is 25.8. The van der Waals surface area contributed by atoms with E-state index in [2.05, 4.69) is 5.32 Å². The molecule has 146 valence electrons. The van der Waals surface area contributed by atoms with E-state index in [0.29, 0.717) is 22.7 Å². The minimum absolute atomic E-state index is 0.139. The van der Waals surface area contributed by atoms with Crippen molar-refractivity contribution in [2.24, 2.45) is 0 Å². The lowest BCUT2D eigenvalue weighted by molar-refractivity contribution is -0.116. The highest BCUT2D eigenvalue weighted by Gasteiger charge is 2.20. The van der Waals surface area contributed by atoms with Crippen LogP contribution in [0.15, 0.2) is 36.4 Å². The van der Waals surface area contributed by atoms with Gasteiger partial charge in [-0.2, -0.15) is 0 Å². The van der Waals surface area contributed by atoms with Crippen molar-refractivity contribution in [3.8, 4) is 0 Å². The summed E-state index contributed by atoms with van der Waals surface area (Å²) in [6, 6.07) is 10.9. The maximum Gasteiger partial charge on any atom is 0.232 e. The minimum Gasteiger partial charge on any atom is -0.326 e. The van der Waals surface area contributed by atoms with E-state index in [-0.39, 0.29) is 18.9 Å². The average molecular weight is 409 g/mol. The molecule has 0 atom stereocenters. The van der Waals surface area contributed by atoms with Gasteiger partial charge in [-0.1, -0.05) is 29.8 Å². The second-order valence-corrected chi connectivity index (χ2v) is 8.93. The number of amides is 1. The molecule has 5 nitrogen and oxygen atoms in total. The first-order valence-electron chi connectivity index (χ1n) is 8.70. The number of sulfonamides is 1. The van der Waals surface area contributed by atoms with E-state index in [1.807, 2.05) is 32.0 Å². The van der Waals surface area contributed by atoms with Crippen molar-refractivity contribution in [3.05, 3.63) is 58.1 Å². The average Bonchev–Trinajstić information content (AvgIpc) is 2.58. The summed E-state index contributed by atoms with van der Waals surface area (Å²) in [6.07, 6.45) is 1.78. The van der Waals surface area contributed by atoms with E-state index in [1.165, 1.54) is 4.31 Å². The van der Waals surface area contributed by atoms with Crippen molar-refractivity contribution in [2.45, 2.75) is 33.6 Å². The molecule has 0 saturated heterocycles. The molecular formula is C20H25ClN2O3S. The largest absolute Gasteiger partial charge is 0.326 e. The zero-order valence-electron chi connectivity index (χ0n) is 16.0. The number of carbonyl (C=O) groups is 1. The monoisotopic (exact) mass is 408 g/mol. The zero-order valence-corrected chi connectivity index (χ0v) is 17.6. The summed E-state index contributed by atoms with van der Waals surface area (Å²) in [5, 5.41) is 3.40. The van der Waals surface area contributed by atoms with E-state index >= 15 is 0 Å². The Labute approximate surface area is 166 Å². The van der Waals surface area contributed by atoms with Crippen LogP contribution >= 0.6 is 11.6 Å². The van der Waals surface area contributed by atoms with Gasteiger partial charge < -0.3 is 5.32 Å². The molecule has 0 aliphatic carbocycles. The second-order valence-electron chi connectivity index (χ2n) is 6.62. The molecule has 0 fully saturated rings. The number of hydrogen-bond acceptors (Lipinski definition) is 3. The van der Waals surface area contributed by atoms with Crippen LogP contribution in [0.25, 0.3) is 0 Å². The Morgan fingerprint density at radius 1 is 1.07 bits per heavy atom. The highest BCUT2D eigenvalue weighted by atomic mass is 35.5. The molecule has 0 radical (unpaired) electrons. The molecule has 27 heavy (non-hydrogen) atoms. The number of rotatable bonds is 7. The van der Waals surface area contributed by atoms with Crippen molar-refractivity contribution in [3.63, 3.8) is 0 Å². The number of anilines is 2. The van der Waals surface area contributed by atoms with Crippen LogP contribution in [0.2, 0.25) is 5.02 Å². The summed E-state index contributed by atoms with van der Waals surface area (Å²) in [5.41, 5.74) is 4.15. The fourth-order valence-corrected chi connectivity index (χ4v) is 4.00. The van der Waals surface area contributed by atoms with E-state index in [9.17, 15) is 13.2 Å². The Bertz CT molecular complexity index is 942. The van der Waals surface area contributed by atoms with Crippen LogP contribution in [0.5, 0.6) is 0 Å². The Balaban J connectivity index is 2.05. The lowest BCUT2D eigenvalue weighted by Crippen LogP contribution is -2.32. The standard InChI is InChI=1S/C20H25ClN2O3S/c1-14-8-5-10-18(15(14)2)22-20(24)12-7-13-23(27(4,25)26)19-11-6-9-17(21)16(19)3/h5-6,8-11H,7,12-13H2,1-4H3,(H,22,24). The number of hydrogen-bond donors (Lipinski definition) is 1. The Morgan fingerprint density at radius 3 is 2.41 bits per heavy atom. The number of halogens is 1. The first-order chi connectivity index (χ1) is 12.6. The van der Waals surface area contributed by atoms with Crippen LogP contribution in [0.4, 0.5) is 11.4 Å². The molecule has 2 aromatic rings. The van der Waals surface area contributed by atoms with E-state index < -0.39 is 10.0 Å². The Kier molecular flexibility index (Phi) is 6.89. The van der Waals surface area contributed by atoms with Gasteiger partial charge in [0.25, 0.3) is 0 Å². The number of nitrogens with one attached hydrogen (secondary N) is 1. The molecule has 0 bridgehead atoms. The van der Waals surface area contributed by atoms with E-state index in [0.717, 1.165) is 23.1 Å². The first-order valence-corrected chi connectivity index (χ1v) is 10.9. The SMILES string of the molecule is Cc1cccc(NC(=O)CCCN(c2cccc(Cl)c2C)S(C)(=O)=O)c1C. The summed E-state index contributed by atoms with van der Waals surface area (Å²) in [4.78, 5) is 12.3. The predicted octanol–water partition coefficient (Wildman–Crippen LogP) is 4.45. The van der Waals surface area contributed by atoms with Crippen molar-refractivity contribution < 1.29 is 13.2 Å². The normalized spacial score (nSPS) is 11.3. The third-order valence-corrected chi connectivity index (χ3v) is 6.14. The van der Waals surface area contributed by atoms with Gasteiger partial charge in [-0.15, -0.1) is 0 Å². The van der Waals surface area contributed by atoms with Crippen molar-refractivity contribution >= 4 is 38.9 Å². The quantitative estimate of drug-likeness (QED) is 0.735. The first kappa shape index (κ1) is 21.3. The molecule has 0 aliphatic heterocycles. The van der Waals surface area contributed by atoms with Crippen molar-refractivity contribution in [2.75, 3.05) is 22.4 Å². The topological polar surface area (TPSA) is 66.5 Å². The molecule has 2 rings (SSSR count). The van der Waals surface area contributed by atoms with Gasteiger partial charge in [0.2, 0.25) is 15.9 Å². The van der Waals surface area contributed by atoms with Gasteiger partial charge >= 0.3 is 0 Å². The second kappa shape index (κ2) is 8.76. The van der Waals surface area contributed by atoms with Crippen LogP contribution in [0, 0.1) is 20.8 Å². The molecular weight excluding hydrogens is 384 g/mol. The van der Waals surface area contributed by atoms with Gasteiger partial charge in [-0.25, -0.2) is 8.42 Å². The smallest absolute Gasteiger partial charge is 0.232 e. The summed E-state index contributed by atoms with van der Waals surface area (Å²) in [5.74, 6) is -0.139. The number of carbonyl (C=O) groups excluding carboxylic acids is 1. The lowest BCUT2D eigenvalue weighted by atomic mass is 10.1. The van der Waals surface area contributed by atoms with E-state index in [4.69, 9.17) is 11.6 Å². The van der Waals surface area contributed by atoms with Gasteiger partial charge in [-0.05, 0) is 62.1 Å². The van der Waals surface area contributed by atoms with Crippen molar-refractivity contribution in [1.29, 1.82) is 0 Å². The van der Waals surface area contributed by atoms with Gasteiger partial charge in [-0.3, -0.25) is 9.10 Å². The van der Waals surface area contributed by atoms with Crippen LogP contribution in [0.3, 0.4) is 0 Å². The maximum atomic E-state index is 12.3. The van der Waals surface area contributed by atoms with Crippen molar-refractivity contribution in [1.82, 2.24) is 0 Å². The van der Waals surface area contributed by atoms with Crippen LogP contribution < -0.4 is 9.62 Å². The fourth-order valence-electron chi connectivity index (χ4n) is 2.81. The number of aryl methyl sites for hydroxylation is 1. The molecule has 1 amide bonds. The van der Waals surface area contributed by atoms with Crippen LogP contribution in [0.1, 0.15) is 29.5 Å². The Hall–Kier alpha value is -2.05.